The fraction of sp³-hybridized carbons (Fsp3) is 0.846. The van der Waals surface area contributed by atoms with Crippen molar-refractivity contribution in [1.29, 1.82) is 0 Å². The summed E-state index contributed by atoms with van der Waals surface area (Å²) in [7, 11) is 0. The average molecular weight is 252 g/mol. The van der Waals surface area contributed by atoms with Gasteiger partial charge in [0.15, 0.2) is 0 Å². The van der Waals surface area contributed by atoms with Gasteiger partial charge in [0, 0.05) is 12.1 Å². The van der Waals surface area contributed by atoms with Crippen LogP contribution in [0, 0.1) is 0 Å². The maximum Gasteiger partial charge on any atom is 0.247 e. The number of aliphatic hydroxyl groups is 1. The van der Waals surface area contributed by atoms with E-state index in [-0.39, 0.29) is 36.0 Å². The number of amides is 2. The van der Waals surface area contributed by atoms with Gasteiger partial charge in [-0.1, -0.05) is 0 Å². The summed E-state index contributed by atoms with van der Waals surface area (Å²) in [6.45, 7) is 0. The molecule has 5 nitrogen and oxygen atoms in total. The first-order chi connectivity index (χ1) is 8.65. The van der Waals surface area contributed by atoms with Crippen LogP contribution >= 0.6 is 0 Å². The number of likely N-dealkylation sites (tertiary alicyclic amines) is 1. The molecule has 1 saturated heterocycles. The highest BCUT2D eigenvalue weighted by Gasteiger charge is 2.46. The SMILES string of the molecule is O=C1CC(NC2CCC(O)CC2)C(=O)N1C1CC1. The maximum absolute atomic E-state index is 12.1. The van der Waals surface area contributed by atoms with Crippen LogP contribution in [0.1, 0.15) is 44.9 Å². The van der Waals surface area contributed by atoms with E-state index in [0.29, 0.717) is 6.42 Å². The lowest BCUT2D eigenvalue weighted by molar-refractivity contribution is -0.139. The first-order valence-corrected chi connectivity index (χ1v) is 6.95. The summed E-state index contributed by atoms with van der Waals surface area (Å²) < 4.78 is 0. The van der Waals surface area contributed by atoms with Gasteiger partial charge in [-0.15, -0.1) is 0 Å². The predicted molar refractivity (Wildman–Crippen MR) is 64.7 cm³/mol. The molecule has 5 heteroatoms. The summed E-state index contributed by atoms with van der Waals surface area (Å²) in [5.41, 5.74) is 0. The Morgan fingerprint density at radius 1 is 1.06 bits per heavy atom. The van der Waals surface area contributed by atoms with Crippen LogP contribution in [0.2, 0.25) is 0 Å². The van der Waals surface area contributed by atoms with Crippen LogP contribution in [-0.4, -0.2) is 46.1 Å². The Morgan fingerprint density at radius 2 is 1.72 bits per heavy atom. The Bertz CT molecular complexity index is 359. The van der Waals surface area contributed by atoms with Gasteiger partial charge in [-0.25, -0.2) is 0 Å². The smallest absolute Gasteiger partial charge is 0.247 e. The van der Waals surface area contributed by atoms with Gasteiger partial charge >= 0.3 is 0 Å². The number of aliphatic hydroxyl groups excluding tert-OH is 1. The number of hydrogen-bond donors (Lipinski definition) is 2. The first kappa shape index (κ1) is 12.1. The van der Waals surface area contributed by atoms with Crippen LogP contribution < -0.4 is 5.32 Å². The lowest BCUT2D eigenvalue weighted by atomic mass is 9.92. The number of hydrogen-bond acceptors (Lipinski definition) is 4. The van der Waals surface area contributed by atoms with Crippen molar-refractivity contribution in [3.63, 3.8) is 0 Å². The summed E-state index contributed by atoms with van der Waals surface area (Å²) in [6, 6.07) is 0.137. The highest BCUT2D eigenvalue weighted by Crippen LogP contribution is 2.32. The van der Waals surface area contributed by atoms with E-state index in [2.05, 4.69) is 5.32 Å². The van der Waals surface area contributed by atoms with Crippen molar-refractivity contribution >= 4 is 11.8 Å². The zero-order valence-electron chi connectivity index (χ0n) is 10.5. The second-order valence-corrected chi connectivity index (χ2v) is 5.76. The van der Waals surface area contributed by atoms with Gasteiger partial charge in [0.05, 0.1) is 18.6 Å². The van der Waals surface area contributed by atoms with Crippen LogP contribution in [-0.2, 0) is 9.59 Å². The molecule has 0 aromatic heterocycles. The molecule has 100 valence electrons. The van der Waals surface area contributed by atoms with E-state index in [1.165, 1.54) is 4.90 Å². The number of carbonyl (C=O) groups is 2. The molecule has 3 rings (SSSR count). The summed E-state index contributed by atoms with van der Waals surface area (Å²) in [6.07, 6.45) is 5.43. The Morgan fingerprint density at radius 3 is 2.33 bits per heavy atom. The highest BCUT2D eigenvalue weighted by atomic mass is 16.3. The van der Waals surface area contributed by atoms with Gasteiger partial charge in [-0.3, -0.25) is 14.5 Å². The molecule has 2 amide bonds. The predicted octanol–water partition coefficient (Wildman–Crippen LogP) is 0.169. The van der Waals surface area contributed by atoms with Gasteiger partial charge in [0.1, 0.15) is 0 Å². The second kappa shape index (κ2) is 4.63. The lowest BCUT2D eigenvalue weighted by Crippen LogP contribution is -2.45. The van der Waals surface area contributed by atoms with E-state index in [1.54, 1.807) is 0 Å². The number of imide groups is 1. The van der Waals surface area contributed by atoms with Gasteiger partial charge in [-0.05, 0) is 38.5 Å². The number of nitrogens with zero attached hydrogens (tertiary/aromatic N) is 1. The van der Waals surface area contributed by atoms with E-state index in [0.717, 1.165) is 38.5 Å². The Balaban J connectivity index is 1.57. The molecule has 1 unspecified atom stereocenters. The van der Waals surface area contributed by atoms with Crippen molar-refractivity contribution in [1.82, 2.24) is 10.2 Å². The molecule has 1 aliphatic heterocycles. The van der Waals surface area contributed by atoms with Crippen LogP contribution in [0.15, 0.2) is 0 Å². The maximum atomic E-state index is 12.1. The quantitative estimate of drug-likeness (QED) is 0.703. The molecular weight excluding hydrogens is 232 g/mol. The van der Waals surface area contributed by atoms with Crippen molar-refractivity contribution in [3.8, 4) is 0 Å². The standard InChI is InChI=1S/C13H20N2O3/c16-10-5-1-8(2-6-10)14-11-7-12(17)15(13(11)18)9-3-4-9/h8-11,14,16H,1-7H2. The summed E-state index contributed by atoms with van der Waals surface area (Å²) in [4.78, 5) is 25.4. The molecule has 2 saturated carbocycles. The minimum atomic E-state index is -0.321. The van der Waals surface area contributed by atoms with E-state index in [1.807, 2.05) is 0 Å². The van der Waals surface area contributed by atoms with Gasteiger partial charge in [0.25, 0.3) is 0 Å². The van der Waals surface area contributed by atoms with E-state index in [4.69, 9.17) is 0 Å². The van der Waals surface area contributed by atoms with E-state index < -0.39 is 0 Å². The summed E-state index contributed by atoms with van der Waals surface area (Å²) >= 11 is 0. The molecule has 18 heavy (non-hydrogen) atoms. The highest BCUT2D eigenvalue weighted by molar-refractivity contribution is 6.06. The molecule has 3 aliphatic rings. The Kier molecular flexibility index (Phi) is 3.11. The molecule has 2 N–H and O–H groups in total. The molecule has 0 radical (unpaired) electrons. The number of nitrogens with one attached hydrogen (secondary N) is 1. The average Bonchev–Trinajstić information content (AvgIpc) is 3.12. The summed E-state index contributed by atoms with van der Waals surface area (Å²) in [5.74, 6) is -0.0514. The lowest BCUT2D eigenvalue weighted by Gasteiger charge is -2.28. The molecule has 3 fully saturated rings. The molecular formula is C13H20N2O3. The molecule has 0 bridgehead atoms. The van der Waals surface area contributed by atoms with Gasteiger partial charge in [0.2, 0.25) is 11.8 Å². The van der Waals surface area contributed by atoms with Crippen LogP contribution in [0.3, 0.4) is 0 Å². The summed E-state index contributed by atoms with van der Waals surface area (Å²) in [5, 5.41) is 12.8. The zero-order valence-corrected chi connectivity index (χ0v) is 10.5. The Hall–Kier alpha value is -0.940. The molecule has 0 aromatic rings. The minimum Gasteiger partial charge on any atom is -0.393 e. The third-order valence-corrected chi connectivity index (χ3v) is 4.23. The molecule has 2 aliphatic carbocycles. The number of carbonyl (C=O) groups excluding carboxylic acids is 2. The van der Waals surface area contributed by atoms with Crippen LogP contribution in [0.25, 0.3) is 0 Å². The third-order valence-electron chi connectivity index (χ3n) is 4.23. The molecule has 1 heterocycles. The van der Waals surface area contributed by atoms with Crippen molar-refractivity contribution in [2.75, 3.05) is 0 Å². The van der Waals surface area contributed by atoms with Gasteiger partial charge in [-0.2, -0.15) is 0 Å². The third kappa shape index (κ3) is 2.29. The second-order valence-electron chi connectivity index (χ2n) is 5.76. The van der Waals surface area contributed by atoms with Crippen molar-refractivity contribution < 1.29 is 14.7 Å². The fourth-order valence-electron chi connectivity index (χ4n) is 3.02. The first-order valence-electron chi connectivity index (χ1n) is 6.95. The van der Waals surface area contributed by atoms with Crippen molar-refractivity contribution in [2.45, 2.75) is 69.2 Å². The normalized spacial score (nSPS) is 37.4. The molecule has 0 aromatic carbocycles. The Labute approximate surface area is 107 Å². The topological polar surface area (TPSA) is 69.6 Å². The van der Waals surface area contributed by atoms with E-state index >= 15 is 0 Å². The zero-order chi connectivity index (χ0) is 12.7. The largest absolute Gasteiger partial charge is 0.393 e. The molecule has 1 atom stereocenters. The minimum absolute atomic E-state index is 0.0177. The van der Waals surface area contributed by atoms with Crippen LogP contribution in [0.4, 0.5) is 0 Å². The fourth-order valence-corrected chi connectivity index (χ4v) is 3.02. The monoisotopic (exact) mass is 252 g/mol. The van der Waals surface area contributed by atoms with Gasteiger partial charge < -0.3 is 10.4 Å². The molecule has 0 spiro atoms. The van der Waals surface area contributed by atoms with E-state index in [9.17, 15) is 14.7 Å². The van der Waals surface area contributed by atoms with Crippen LogP contribution in [0.5, 0.6) is 0 Å². The number of rotatable bonds is 3. The van der Waals surface area contributed by atoms with Crippen molar-refractivity contribution in [3.05, 3.63) is 0 Å². The van der Waals surface area contributed by atoms with Crippen molar-refractivity contribution in [2.24, 2.45) is 0 Å².